The summed E-state index contributed by atoms with van der Waals surface area (Å²) in [6, 6.07) is 3.08. The van der Waals surface area contributed by atoms with Crippen molar-refractivity contribution in [1.82, 2.24) is 10.2 Å². The summed E-state index contributed by atoms with van der Waals surface area (Å²) in [4.78, 5) is 11.4. The summed E-state index contributed by atoms with van der Waals surface area (Å²) in [5.41, 5.74) is 1.97. The van der Waals surface area contributed by atoms with Crippen molar-refractivity contribution in [2.75, 3.05) is 10.0 Å². The molecular formula is C12H11BrN4O3S. The number of benzene rings is 1. The van der Waals surface area contributed by atoms with Crippen LogP contribution < -0.4 is 10.0 Å². The summed E-state index contributed by atoms with van der Waals surface area (Å²) in [7, 11) is -3.78. The summed E-state index contributed by atoms with van der Waals surface area (Å²) < 4.78 is 27.7. The molecule has 0 fully saturated rings. The molecule has 1 aliphatic rings. The van der Waals surface area contributed by atoms with E-state index in [9.17, 15) is 13.2 Å². The number of hydrogen-bond donors (Lipinski definition) is 3. The van der Waals surface area contributed by atoms with E-state index in [1.54, 1.807) is 13.0 Å². The maximum atomic E-state index is 12.5. The van der Waals surface area contributed by atoms with Gasteiger partial charge in [0.25, 0.3) is 10.0 Å². The van der Waals surface area contributed by atoms with Crippen molar-refractivity contribution in [1.29, 1.82) is 0 Å². The number of aromatic nitrogens is 2. The molecule has 1 aromatic heterocycles. The zero-order chi connectivity index (χ0) is 15.2. The van der Waals surface area contributed by atoms with E-state index in [0.717, 1.165) is 0 Å². The Morgan fingerprint density at radius 3 is 2.81 bits per heavy atom. The molecule has 0 atom stereocenters. The first kappa shape index (κ1) is 14.1. The van der Waals surface area contributed by atoms with Crippen LogP contribution in [0.15, 0.2) is 27.7 Å². The van der Waals surface area contributed by atoms with E-state index in [1.165, 1.54) is 12.3 Å². The van der Waals surface area contributed by atoms with Gasteiger partial charge in [0.2, 0.25) is 5.91 Å². The number of halogens is 1. The zero-order valence-electron chi connectivity index (χ0n) is 10.9. The van der Waals surface area contributed by atoms with Gasteiger partial charge in [-0.3, -0.25) is 14.6 Å². The third-order valence-corrected chi connectivity index (χ3v) is 5.45. The van der Waals surface area contributed by atoms with Crippen LogP contribution in [0.2, 0.25) is 0 Å². The average molecular weight is 371 g/mol. The van der Waals surface area contributed by atoms with E-state index in [4.69, 9.17) is 0 Å². The van der Waals surface area contributed by atoms with Gasteiger partial charge in [-0.2, -0.15) is 5.10 Å². The second-order valence-electron chi connectivity index (χ2n) is 4.70. The molecule has 0 radical (unpaired) electrons. The maximum Gasteiger partial charge on any atom is 0.264 e. The van der Waals surface area contributed by atoms with Gasteiger partial charge in [0, 0.05) is 15.7 Å². The molecule has 0 spiro atoms. The maximum absolute atomic E-state index is 12.5. The van der Waals surface area contributed by atoms with Gasteiger partial charge in [-0.15, -0.1) is 0 Å². The Morgan fingerprint density at radius 2 is 2.14 bits per heavy atom. The predicted octanol–water partition coefficient (Wildman–Crippen LogP) is 1.78. The largest absolute Gasteiger partial charge is 0.325 e. The lowest BCUT2D eigenvalue weighted by Gasteiger charge is -2.10. The highest BCUT2D eigenvalue weighted by Crippen LogP contribution is 2.33. The molecule has 0 unspecified atom stereocenters. The molecule has 2 aromatic rings. The highest BCUT2D eigenvalue weighted by atomic mass is 79.9. The van der Waals surface area contributed by atoms with E-state index in [0.29, 0.717) is 27.1 Å². The molecule has 1 amide bonds. The van der Waals surface area contributed by atoms with E-state index in [-0.39, 0.29) is 17.2 Å². The summed E-state index contributed by atoms with van der Waals surface area (Å²) in [5, 5.41) is 9.03. The third-order valence-electron chi connectivity index (χ3n) is 3.14. The van der Waals surface area contributed by atoms with Gasteiger partial charge in [0.15, 0.2) is 0 Å². The molecule has 0 saturated carbocycles. The number of carbonyl (C=O) groups excluding carboxylic acids is 1. The number of aryl methyl sites for hydroxylation is 1. The van der Waals surface area contributed by atoms with E-state index in [1.807, 2.05) is 0 Å². The minimum atomic E-state index is -3.78. The van der Waals surface area contributed by atoms with Crippen LogP contribution in [-0.4, -0.2) is 24.5 Å². The van der Waals surface area contributed by atoms with Gasteiger partial charge in [-0.1, -0.05) is 0 Å². The number of carbonyl (C=O) groups is 1. The molecule has 3 N–H and O–H groups in total. The van der Waals surface area contributed by atoms with Crippen molar-refractivity contribution in [2.24, 2.45) is 0 Å². The zero-order valence-corrected chi connectivity index (χ0v) is 13.3. The molecule has 2 heterocycles. The molecule has 0 bridgehead atoms. The SMILES string of the molecule is Cc1cn[nH]c1NS(=O)(=O)c1cc2c(cc1Br)NC(=O)C2. The highest BCUT2D eigenvalue weighted by molar-refractivity contribution is 9.10. The van der Waals surface area contributed by atoms with Gasteiger partial charge in [0.1, 0.15) is 10.7 Å². The van der Waals surface area contributed by atoms with Gasteiger partial charge in [-0.25, -0.2) is 8.42 Å². The Hall–Kier alpha value is -1.87. The van der Waals surface area contributed by atoms with Gasteiger partial charge in [-0.05, 0) is 40.5 Å². The van der Waals surface area contributed by atoms with Crippen LogP contribution in [0.1, 0.15) is 11.1 Å². The molecule has 9 heteroatoms. The molecule has 1 aliphatic heterocycles. The minimum Gasteiger partial charge on any atom is -0.325 e. The van der Waals surface area contributed by atoms with E-state index in [2.05, 4.69) is 36.2 Å². The Kier molecular flexibility index (Phi) is 3.25. The number of nitrogens with one attached hydrogen (secondary N) is 3. The third kappa shape index (κ3) is 2.54. The van der Waals surface area contributed by atoms with Crippen molar-refractivity contribution >= 4 is 43.4 Å². The summed E-state index contributed by atoms with van der Waals surface area (Å²) in [5.74, 6) is 0.167. The quantitative estimate of drug-likeness (QED) is 0.765. The molecular weight excluding hydrogens is 360 g/mol. The van der Waals surface area contributed by atoms with Crippen molar-refractivity contribution < 1.29 is 13.2 Å². The number of rotatable bonds is 3. The van der Waals surface area contributed by atoms with Crippen LogP contribution in [0.25, 0.3) is 0 Å². The Labute approximate surface area is 129 Å². The van der Waals surface area contributed by atoms with E-state index < -0.39 is 10.0 Å². The van der Waals surface area contributed by atoms with Crippen LogP contribution in [-0.2, 0) is 21.2 Å². The second-order valence-corrected chi connectivity index (χ2v) is 7.20. The fourth-order valence-electron chi connectivity index (χ4n) is 2.07. The lowest BCUT2D eigenvalue weighted by Crippen LogP contribution is -2.15. The summed E-state index contributed by atoms with van der Waals surface area (Å²) in [6.45, 7) is 1.74. The minimum absolute atomic E-state index is 0.0757. The lowest BCUT2D eigenvalue weighted by molar-refractivity contribution is -0.115. The van der Waals surface area contributed by atoms with Crippen LogP contribution >= 0.6 is 15.9 Å². The number of H-pyrrole nitrogens is 1. The molecule has 1 aromatic carbocycles. The van der Waals surface area contributed by atoms with Crippen molar-refractivity contribution in [2.45, 2.75) is 18.2 Å². The lowest BCUT2D eigenvalue weighted by atomic mass is 10.2. The first-order chi connectivity index (χ1) is 9.87. The normalized spacial score (nSPS) is 13.9. The topological polar surface area (TPSA) is 104 Å². The fourth-order valence-corrected chi connectivity index (χ4v) is 4.25. The number of sulfonamides is 1. The molecule has 0 aliphatic carbocycles. The van der Waals surface area contributed by atoms with Crippen LogP contribution in [0.5, 0.6) is 0 Å². The number of hydrogen-bond acceptors (Lipinski definition) is 4. The smallest absolute Gasteiger partial charge is 0.264 e. The monoisotopic (exact) mass is 370 g/mol. The number of amides is 1. The van der Waals surface area contributed by atoms with Gasteiger partial charge >= 0.3 is 0 Å². The first-order valence-corrected chi connectivity index (χ1v) is 8.29. The average Bonchev–Trinajstić information content (AvgIpc) is 2.93. The number of aromatic amines is 1. The van der Waals surface area contributed by atoms with Gasteiger partial charge < -0.3 is 5.32 Å². The van der Waals surface area contributed by atoms with Gasteiger partial charge in [0.05, 0.1) is 12.6 Å². The van der Waals surface area contributed by atoms with Crippen LogP contribution in [0.3, 0.4) is 0 Å². The fraction of sp³-hybridized carbons (Fsp3) is 0.167. The molecule has 3 rings (SSSR count). The molecule has 0 saturated heterocycles. The molecule has 21 heavy (non-hydrogen) atoms. The van der Waals surface area contributed by atoms with Crippen molar-refractivity contribution in [3.05, 3.63) is 33.9 Å². The predicted molar refractivity (Wildman–Crippen MR) is 80.6 cm³/mol. The van der Waals surface area contributed by atoms with Crippen LogP contribution in [0.4, 0.5) is 11.5 Å². The van der Waals surface area contributed by atoms with Crippen molar-refractivity contribution in [3.63, 3.8) is 0 Å². The summed E-state index contributed by atoms with van der Waals surface area (Å²) >= 11 is 3.23. The highest BCUT2D eigenvalue weighted by Gasteiger charge is 2.25. The van der Waals surface area contributed by atoms with E-state index >= 15 is 0 Å². The Bertz CT molecular complexity index is 844. The standard InChI is InChI=1S/C12H11BrN4O3S/c1-6-5-14-16-12(6)17-21(19,20)10-2-7-3-11(18)15-9(7)4-8(10)13/h2,4-5H,3H2,1H3,(H,15,18)(H2,14,16,17). The van der Waals surface area contributed by atoms with Crippen molar-refractivity contribution in [3.8, 4) is 0 Å². The number of fused-ring (bicyclic) bond motifs is 1. The molecule has 7 nitrogen and oxygen atoms in total. The Balaban J connectivity index is 2.02. The van der Waals surface area contributed by atoms with Crippen LogP contribution in [0, 0.1) is 6.92 Å². The molecule has 110 valence electrons. The summed E-state index contributed by atoms with van der Waals surface area (Å²) in [6.07, 6.45) is 1.70. The first-order valence-electron chi connectivity index (χ1n) is 6.02. The second kappa shape index (κ2) is 4.85. The Morgan fingerprint density at radius 1 is 1.38 bits per heavy atom. The number of anilines is 2. The number of nitrogens with zero attached hydrogens (tertiary/aromatic N) is 1.